The summed E-state index contributed by atoms with van der Waals surface area (Å²) < 4.78 is 12.6. The first-order valence-electron chi connectivity index (χ1n) is 3.91. The summed E-state index contributed by atoms with van der Waals surface area (Å²) in [6, 6.07) is 1.40. The molecule has 1 aromatic heterocycles. The molecule has 2 rings (SSSR count). The standard InChI is InChI=1S/C9H8FNO/c10-7-3-6-4-8(12)1-2-9(6)11-5-7/h3,5H,1-2,4H2. The van der Waals surface area contributed by atoms with Crippen LogP contribution in [0.4, 0.5) is 4.39 Å². The Morgan fingerprint density at radius 1 is 1.42 bits per heavy atom. The molecule has 0 amide bonds. The summed E-state index contributed by atoms with van der Waals surface area (Å²) in [5.41, 5.74) is 1.63. The molecule has 1 heterocycles. The fraction of sp³-hybridized carbons (Fsp3) is 0.333. The van der Waals surface area contributed by atoms with Gasteiger partial charge in [0, 0.05) is 18.5 Å². The minimum atomic E-state index is -0.358. The topological polar surface area (TPSA) is 30.0 Å². The SMILES string of the molecule is O=C1CCc2ncc(F)cc2C1. The van der Waals surface area contributed by atoms with Gasteiger partial charge in [-0.1, -0.05) is 0 Å². The van der Waals surface area contributed by atoms with Crippen molar-refractivity contribution in [2.45, 2.75) is 19.3 Å². The zero-order chi connectivity index (χ0) is 8.55. The molecule has 0 fully saturated rings. The van der Waals surface area contributed by atoms with E-state index in [0.717, 1.165) is 11.3 Å². The van der Waals surface area contributed by atoms with E-state index in [2.05, 4.69) is 4.98 Å². The zero-order valence-electron chi connectivity index (χ0n) is 6.51. The second-order valence-corrected chi connectivity index (χ2v) is 2.97. The summed E-state index contributed by atoms with van der Waals surface area (Å²) in [6.45, 7) is 0. The number of fused-ring (bicyclic) bond motifs is 1. The van der Waals surface area contributed by atoms with Crippen LogP contribution < -0.4 is 0 Å². The Labute approximate surface area is 69.4 Å². The molecule has 0 unspecified atom stereocenters. The highest BCUT2D eigenvalue weighted by Crippen LogP contribution is 2.17. The van der Waals surface area contributed by atoms with Gasteiger partial charge in [-0.15, -0.1) is 0 Å². The fourth-order valence-electron chi connectivity index (χ4n) is 1.45. The first-order valence-corrected chi connectivity index (χ1v) is 3.91. The Bertz CT molecular complexity index is 335. The summed E-state index contributed by atoms with van der Waals surface area (Å²) in [5.74, 6) is -0.182. The van der Waals surface area contributed by atoms with Gasteiger partial charge in [0.2, 0.25) is 0 Å². The Balaban J connectivity index is 2.44. The van der Waals surface area contributed by atoms with Crippen LogP contribution in [0, 0.1) is 5.82 Å². The lowest BCUT2D eigenvalue weighted by molar-refractivity contribution is -0.118. The maximum atomic E-state index is 12.6. The largest absolute Gasteiger partial charge is 0.299 e. The second kappa shape index (κ2) is 2.66. The third-order valence-electron chi connectivity index (χ3n) is 2.05. The predicted octanol–water partition coefficient (Wildman–Crippen LogP) is 1.28. The highest BCUT2D eigenvalue weighted by atomic mass is 19.1. The molecule has 1 aliphatic rings. The molecule has 0 radical (unpaired) electrons. The van der Waals surface area contributed by atoms with Crippen molar-refractivity contribution in [2.24, 2.45) is 0 Å². The molecule has 0 aromatic carbocycles. The molecular formula is C9H8FNO. The van der Waals surface area contributed by atoms with Crippen LogP contribution in [-0.4, -0.2) is 10.8 Å². The van der Waals surface area contributed by atoms with Crippen LogP contribution in [0.15, 0.2) is 12.3 Å². The van der Waals surface area contributed by atoms with Gasteiger partial charge in [-0.3, -0.25) is 9.78 Å². The number of aromatic nitrogens is 1. The molecule has 0 bridgehead atoms. The molecule has 0 N–H and O–H groups in total. The lowest BCUT2D eigenvalue weighted by Crippen LogP contribution is -2.14. The summed E-state index contributed by atoms with van der Waals surface area (Å²) in [5, 5.41) is 0. The third kappa shape index (κ3) is 1.22. The first-order chi connectivity index (χ1) is 5.75. The van der Waals surface area contributed by atoms with Crippen molar-refractivity contribution in [1.29, 1.82) is 0 Å². The number of ketones is 1. The van der Waals surface area contributed by atoms with Gasteiger partial charge in [0.05, 0.1) is 6.20 Å². The van der Waals surface area contributed by atoms with E-state index in [1.165, 1.54) is 12.3 Å². The van der Waals surface area contributed by atoms with E-state index in [-0.39, 0.29) is 11.6 Å². The molecule has 0 aliphatic heterocycles. The molecular weight excluding hydrogens is 157 g/mol. The molecule has 1 aromatic rings. The van der Waals surface area contributed by atoms with Gasteiger partial charge < -0.3 is 0 Å². The van der Waals surface area contributed by atoms with Gasteiger partial charge in [0.1, 0.15) is 11.6 Å². The van der Waals surface area contributed by atoms with Crippen LogP contribution in [0.3, 0.4) is 0 Å². The van der Waals surface area contributed by atoms with E-state index >= 15 is 0 Å². The fourth-order valence-corrected chi connectivity index (χ4v) is 1.45. The summed E-state index contributed by atoms with van der Waals surface area (Å²) in [4.78, 5) is 14.9. The number of carbonyl (C=O) groups is 1. The van der Waals surface area contributed by atoms with Crippen molar-refractivity contribution >= 4 is 5.78 Å². The Morgan fingerprint density at radius 3 is 3.08 bits per heavy atom. The lowest BCUT2D eigenvalue weighted by Gasteiger charge is -2.12. The number of aryl methyl sites for hydroxylation is 1. The van der Waals surface area contributed by atoms with Gasteiger partial charge in [-0.25, -0.2) is 4.39 Å². The van der Waals surface area contributed by atoms with E-state index in [4.69, 9.17) is 0 Å². The molecule has 0 spiro atoms. The molecule has 3 heteroatoms. The molecule has 62 valence electrons. The van der Waals surface area contributed by atoms with Crippen LogP contribution in [0.5, 0.6) is 0 Å². The van der Waals surface area contributed by atoms with E-state index in [9.17, 15) is 9.18 Å². The van der Waals surface area contributed by atoms with Crippen LogP contribution in [0.25, 0.3) is 0 Å². The van der Waals surface area contributed by atoms with Crippen molar-refractivity contribution in [3.05, 3.63) is 29.3 Å². The van der Waals surface area contributed by atoms with Crippen LogP contribution >= 0.6 is 0 Å². The maximum Gasteiger partial charge on any atom is 0.141 e. The van der Waals surface area contributed by atoms with Crippen molar-refractivity contribution in [3.8, 4) is 0 Å². The number of halogens is 1. The number of hydrogen-bond donors (Lipinski definition) is 0. The molecule has 2 nitrogen and oxygen atoms in total. The smallest absolute Gasteiger partial charge is 0.141 e. The highest BCUT2D eigenvalue weighted by molar-refractivity contribution is 5.82. The minimum Gasteiger partial charge on any atom is -0.299 e. The Hall–Kier alpha value is -1.25. The Kier molecular flexibility index (Phi) is 1.64. The number of rotatable bonds is 0. The number of hydrogen-bond acceptors (Lipinski definition) is 2. The average Bonchev–Trinajstić information content (AvgIpc) is 2.03. The van der Waals surface area contributed by atoms with Crippen LogP contribution in [0.2, 0.25) is 0 Å². The molecule has 0 saturated carbocycles. The van der Waals surface area contributed by atoms with Crippen molar-refractivity contribution < 1.29 is 9.18 Å². The van der Waals surface area contributed by atoms with Gasteiger partial charge in [0.25, 0.3) is 0 Å². The number of pyridine rings is 1. The second-order valence-electron chi connectivity index (χ2n) is 2.97. The van der Waals surface area contributed by atoms with Crippen LogP contribution in [-0.2, 0) is 17.6 Å². The molecule has 0 saturated heterocycles. The minimum absolute atomic E-state index is 0.176. The van der Waals surface area contributed by atoms with Gasteiger partial charge in [0.15, 0.2) is 0 Å². The van der Waals surface area contributed by atoms with Crippen molar-refractivity contribution in [2.75, 3.05) is 0 Å². The number of nitrogens with zero attached hydrogens (tertiary/aromatic N) is 1. The van der Waals surface area contributed by atoms with E-state index < -0.39 is 0 Å². The number of carbonyl (C=O) groups excluding carboxylic acids is 1. The van der Waals surface area contributed by atoms with Crippen molar-refractivity contribution in [1.82, 2.24) is 4.98 Å². The van der Waals surface area contributed by atoms with E-state index in [1.54, 1.807) is 0 Å². The third-order valence-corrected chi connectivity index (χ3v) is 2.05. The molecule has 0 atom stereocenters. The van der Waals surface area contributed by atoms with Gasteiger partial charge in [-0.05, 0) is 18.1 Å². The van der Waals surface area contributed by atoms with Crippen molar-refractivity contribution in [3.63, 3.8) is 0 Å². The summed E-state index contributed by atoms with van der Waals surface area (Å²) in [6.07, 6.45) is 2.76. The highest BCUT2D eigenvalue weighted by Gasteiger charge is 2.16. The zero-order valence-corrected chi connectivity index (χ0v) is 6.51. The number of Topliss-reactive ketones (excluding diaryl/α,β-unsaturated/α-hetero) is 1. The monoisotopic (exact) mass is 165 g/mol. The predicted molar refractivity (Wildman–Crippen MR) is 41.2 cm³/mol. The maximum absolute atomic E-state index is 12.6. The first kappa shape index (κ1) is 7.40. The van der Waals surface area contributed by atoms with E-state index in [0.29, 0.717) is 19.3 Å². The van der Waals surface area contributed by atoms with Gasteiger partial charge in [-0.2, -0.15) is 0 Å². The quantitative estimate of drug-likeness (QED) is 0.579. The van der Waals surface area contributed by atoms with Crippen LogP contribution in [0.1, 0.15) is 17.7 Å². The van der Waals surface area contributed by atoms with Gasteiger partial charge >= 0.3 is 0 Å². The Morgan fingerprint density at radius 2 is 2.25 bits per heavy atom. The summed E-state index contributed by atoms with van der Waals surface area (Å²) >= 11 is 0. The normalized spacial score (nSPS) is 15.9. The average molecular weight is 165 g/mol. The summed E-state index contributed by atoms with van der Waals surface area (Å²) in [7, 11) is 0. The van der Waals surface area contributed by atoms with E-state index in [1.807, 2.05) is 0 Å². The lowest BCUT2D eigenvalue weighted by atomic mass is 9.95. The molecule has 1 aliphatic carbocycles. The molecule has 12 heavy (non-hydrogen) atoms.